The molecule has 0 bridgehead atoms. The summed E-state index contributed by atoms with van der Waals surface area (Å²) < 4.78 is 22.4. The van der Waals surface area contributed by atoms with Crippen LogP contribution in [0.25, 0.3) is 0 Å². The van der Waals surface area contributed by atoms with E-state index in [1.54, 1.807) is 19.1 Å². The average Bonchev–Trinajstić information content (AvgIpc) is 3.21. The molecule has 0 aliphatic carbocycles. The summed E-state index contributed by atoms with van der Waals surface area (Å²) in [4.78, 5) is 27.5. The highest BCUT2D eigenvalue weighted by atomic mass is 32.1. The minimum atomic E-state index is -0.297. The van der Waals surface area contributed by atoms with Gasteiger partial charge in [0.15, 0.2) is 0 Å². The van der Waals surface area contributed by atoms with Crippen LogP contribution < -0.4 is 0 Å². The molecule has 0 unspecified atom stereocenters. The summed E-state index contributed by atoms with van der Waals surface area (Å²) in [6.45, 7) is 5.32. The van der Waals surface area contributed by atoms with Crippen LogP contribution >= 0.6 is 11.5 Å². The molecule has 1 aromatic heterocycles. The molecule has 1 amide bonds. The van der Waals surface area contributed by atoms with Gasteiger partial charge in [-0.3, -0.25) is 9.59 Å². The smallest absolute Gasteiger partial charge is 0.306 e. The second kappa shape index (κ2) is 9.91. The third-order valence-corrected chi connectivity index (χ3v) is 6.23. The summed E-state index contributed by atoms with van der Waals surface area (Å²) in [5, 5.41) is 4.03. The van der Waals surface area contributed by atoms with E-state index in [0.717, 1.165) is 35.6 Å². The third kappa shape index (κ3) is 5.18. The largest absolute Gasteiger partial charge is 0.466 e. The molecular formula is C21H26FN3O3S. The van der Waals surface area contributed by atoms with Crippen molar-refractivity contribution in [1.29, 1.82) is 0 Å². The first kappa shape index (κ1) is 21.4. The number of hydrogen-bond donors (Lipinski definition) is 0. The molecule has 0 spiro atoms. The normalized spacial score (nSPS) is 15.9. The molecule has 1 aliphatic rings. The van der Waals surface area contributed by atoms with E-state index in [0.29, 0.717) is 31.0 Å². The van der Waals surface area contributed by atoms with Gasteiger partial charge in [0.25, 0.3) is 5.91 Å². The van der Waals surface area contributed by atoms with E-state index in [1.807, 2.05) is 11.8 Å². The first-order valence-corrected chi connectivity index (χ1v) is 10.8. The van der Waals surface area contributed by atoms with Crippen LogP contribution in [0.5, 0.6) is 0 Å². The number of rotatable bonds is 7. The van der Waals surface area contributed by atoms with Crippen LogP contribution in [0.3, 0.4) is 0 Å². The molecule has 1 fully saturated rings. The number of likely N-dealkylation sites (tertiary alicyclic amines) is 1. The number of aromatic nitrogens is 2. The van der Waals surface area contributed by atoms with Gasteiger partial charge in [0, 0.05) is 13.1 Å². The Morgan fingerprint density at radius 3 is 2.55 bits per heavy atom. The Bertz CT molecular complexity index is 832. The fourth-order valence-corrected chi connectivity index (χ4v) is 4.64. The molecule has 0 radical (unpaired) electrons. The van der Waals surface area contributed by atoms with Crippen molar-refractivity contribution in [2.24, 2.45) is 5.92 Å². The van der Waals surface area contributed by atoms with Crippen LogP contribution in [-0.2, 0) is 16.0 Å². The zero-order chi connectivity index (χ0) is 20.8. The highest BCUT2D eigenvalue weighted by molar-refractivity contribution is 7.08. The number of benzene rings is 1. The van der Waals surface area contributed by atoms with E-state index in [4.69, 9.17) is 4.74 Å². The van der Waals surface area contributed by atoms with Crippen LogP contribution in [0, 0.1) is 11.7 Å². The highest BCUT2D eigenvalue weighted by Gasteiger charge is 2.32. The van der Waals surface area contributed by atoms with Crippen molar-refractivity contribution in [1.82, 2.24) is 14.5 Å². The molecular weight excluding hydrogens is 393 g/mol. The molecule has 1 atom stereocenters. The van der Waals surface area contributed by atoms with Crippen molar-refractivity contribution < 1.29 is 18.7 Å². The number of amides is 1. The number of piperidine rings is 1. The molecule has 2 heterocycles. The number of nitrogens with zero attached hydrogens (tertiary/aromatic N) is 3. The number of ether oxygens (including phenoxy) is 1. The SMILES string of the molecule is CCOC(=O)C[C@H](c1ccc(F)cc1)C1CCN(C(=O)c2snnc2CC)CC1. The maximum atomic E-state index is 13.4. The molecule has 1 aromatic carbocycles. The van der Waals surface area contributed by atoms with Gasteiger partial charge < -0.3 is 9.64 Å². The summed E-state index contributed by atoms with van der Waals surface area (Å²) >= 11 is 1.15. The molecule has 156 valence electrons. The van der Waals surface area contributed by atoms with Crippen molar-refractivity contribution in [3.8, 4) is 0 Å². The Labute approximate surface area is 174 Å². The van der Waals surface area contributed by atoms with Gasteiger partial charge in [-0.1, -0.05) is 23.5 Å². The number of halogens is 1. The highest BCUT2D eigenvalue weighted by Crippen LogP contribution is 2.36. The Morgan fingerprint density at radius 1 is 1.24 bits per heavy atom. The van der Waals surface area contributed by atoms with Gasteiger partial charge in [-0.25, -0.2) is 4.39 Å². The predicted octanol–water partition coefficient (Wildman–Crippen LogP) is 3.83. The monoisotopic (exact) mass is 419 g/mol. The number of aryl methyl sites for hydroxylation is 1. The van der Waals surface area contributed by atoms with Gasteiger partial charge in [0.05, 0.1) is 18.7 Å². The zero-order valence-corrected chi connectivity index (χ0v) is 17.6. The third-order valence-electron chi connectivity index (χ3n) is 5.47. The Morgan fingerprint density at radius 2 is 1.93 bits per heavy atom. The van der Waals surface area contributed by atoms with Gasteiger partial charge >= 0.3 is 5.97 Å². The summed E-state index contributed by atoms with van der Waals surface area (Å²) in [6.07, 6.45) is 2.50. The van der Waals surface area contributed by atoms with Gasteiger partial charge in [0.1, 0.15) is 10.7 Å². The van der Waals surface area contributed by atoms with E-state index in [9.17, 15) is 14.0 Å². The summed E-state index contributed by atoms with van der Waals surface area (Å²) in [7, 11) is 0. The molecule has 6 nitrogen and oxygen atoms in total. The molecule has 0 saturated carbocycles. The standard InChI is InChI=1S/C21H26FN3O3S/c1-3-18-20(29-24-23-18)21(27)25-11-9-15(10-12-25)17(13-19(26)28-4-2)14-5-7-16(22)8-6-14/h5-8,15,17H,3-4,9-13H2,1-2H3/t17-/m1/s1. The maximum Gasteiger partial charge on any atom is 0.306 e. The summed E-state index contributed by atoms with van der Waals surface area (Å²) in [5.41, 5.74) is 1.68. The molecule has 1 aliphatic heterocycles. The van der Waals surface area contributed by atoms with Crippen LogP contribution in [-0.4, -0.2) is 46.1 Å². The van der Waals surface area contributed by atoms with E-state index in [2.05, 4.69) is 9.59 Å². The van der Waals surface area contributed by atoms with Gasteiger partial charge in [-0.2, -0.15) is 0 Å². The van der Waals surface area contributed by atoms with Crippen LogP contribution in [0.2, 0.25) is 0 Å². The van der Waals surface area contributed by atoms with Crippen molar-refractivity contribution in [2.75, 3.05) is 19.7 Å². The molecule has 0 N–H and O–H groups in total. The van der Waals surface area contributed by atoms with E-state index >= 15 is 0 Å². The summed E-state index contributed by atoms with van der Waals surface area (Å²) in [6, 6.07) is 6.34. The molecule has 8 heteroatoms. The second-order valence-electron chi connectivity index (χ2n) is 7.20. The predicted molar refractivity (Wildman–Crippen MR) is 108 cm³/mol. The molecule has 2 aromatic rings. The van der Waals surface area contributed by atoms with Gasteiger partial charge in [-0.15, -0.1) is 5.10 Å². The number of esters is 1. The van der Waals surface area contributed by atoms with E-state index < -0.39 is 0 Å². The average molecular weight is 420 g/mol. The second-order valence-corrected chi connectivity index (χ2v) is 7.95. The van der Waals surface area contributed by atoms with Crippen molar-refractivity contribution in [2.45, 2.75) is 45.4 Å². The lowest BCUT2D eigenvalue weighted by molar-refractivity contribution is -0.144. The van der Waals surface area contributed by atoms with Gasteiger partial charge in [0.2, 0.25) is 0 Å². The zero-order valence-electron chi connectivity index (χ0n) is 16.8. The quantitative estimate of drug-likeness (QED) is 0.638. The topological polar surface area (TPSA) is 72.4 Å². The minimum absolute atomic E-state index is 0.0148. The minimum Gasteiger partial charge on any atom is -0.466 e. The lowest BCUT2D eigenvalue weighted by atomic mass is 9.78. The van der Waals surface area contributed by atoms with Crippen LogP contribution in [0.4, 0.5) is 4.39 Å². The fourth-order valence-electron chi connectivity index (χ4n) is 3.92. The van der Waals surface area contributed by atoms with Gasteiger partial charge in [-0.05, 0) is 67.3 Å². The number of hydrogen-bond acceptors (Lipinski definition) is 6. The lowest BCUT2D eigenvalue weighted by Gasteiger charge is -2.36. The Balaban J connectivity index is 1.70. The first-order valence-electron chi connectivity index (χ1n) is 10.0. The number of carbonyl (C=O) groups excluding carboxylic acids is 2. The Kier molecular flexibility index (Phi) is 7.30. The molecule has 1 saturated heterocycles. The number of carbonyl (C=O) groups is 2. The van der Waals surface area contributed by atoms with E-state index in [-0.39, 0.29) is 36.0 Å². The fraction of sp³-hybridized carbons (Fsp3) is 0.524. The van der Waals surface area contributed by atoms with Crippen LogP contribution in [0.1, 0.15) is 60.0 Å². The van der Waals surface area contributed by atoms with E-state index in [1.165, 1.54) is 12.1 Å². The lowest BCUT2D eigenvalue weighted by Crippen LogP contribution is -2.40. The molecule has 3 rings (SSSR count). The van der Waals surface area contributed by atoms with Crippen molar-refractivity contribution >= 4 is 23.4 Å². The Hall–Kier alpha value is -2.35. The molecule has 29 heavy (non-hydrogen) atoms. The maximum absolute atomic E-state index is 13.4. The van der Waals surface area contributed by atoms with Crippen LogP contribution in [0.15, 0.2) is 24.3 Å². The first-order chi connectivity index (χ1) is 14.0. The van der Waals surface area contributed by atoms with Crippen molar-refractivity contribution in [3.05, 3.63) is 46.2 Å². The summed E-state index contributed by atoms with van der Waals surface area (Å²) in [5.74, 6) is -0.390. The van der Waals surface area contributed by atoms with Crippen molar-refractivity contribution in [3.63, 3.8) is 0 Å².